The Morgan fingerprint density at radius 3 is 1.96 bits per heavy atom. The van der Waals surface area contributed by atoms with Crippen molar-refractivity contribution in [3.05, 3.63) is 36.5 Å². The van der Waals surface area contributed by atoms with Gasteiger partial charge in [-0.25, -0.2) is 4.39 Å². The van der Waals surface area contributed by atoms with E-state index in [1.165, 1.54) is 11.8 Å². The number of alkyl halides is 9. The summed E-state index contributed by atoms with van der Waals surface area (Å²) in [6.07, 6.45) is -18.1. The number of hydrogen-bond donors (Lipinski definition) is 1. The predicted octanol–water partition coefficient (Wildman–Crippen LogP) is 5.14. The van der Waals surface area contributed by atoms with Gasteiger partial charge in [-0.2, -0.15) is 35.1 Å². The van der Waals surface area contributed by atoms with Crippen molar-refractivity contribution >= 4 is 18.9 Å². The fourth-order valence-electron chi connectivity index (χ4n) is 2.01. The van der Waals surface area contributed by atoms with Gasteiger partial charge in [0.1, 0.15) is 8.07 Å². The molecule has 0 bridgehead atoms. The van der Waals surface area contributed by atoms with Crippen LogP contribution in [0.4, 0.5) is 45.2 Å². The molecule has 1 aromatic rings. The van der Waals surface area contributed by atoms with E-state index in [2.05, 4.69) is 11.3 Å². The largest absolute Gasteiger partial charge is 0.446 e. The monoisotopic (exact) mass is 425 g/mol. The zero-order valence-electron chi connectivity index (χ0n) is 14.1. The average molecular weight is 425 g/mol. The Kier molecular flexibility index (Phi) is 6.38. The molecule has 0 amide bonds. The third-order valence-electron chi connectivity index (χ3n) is 3.69. The second-order valence-electron chi connectivity index (χ2n) is 6.18. The van der Waals surface area contributed by atoms with Crippen molar-refractivity contribution in [2.24, 2.45) is 0 Å². The maximum atomic E-state index is 13.3. The minimum Gasteiger partial charge on any atom is -0.342 e. The van der Waals surface area contributed by atoms with E-state index in [4.69, 9.17) is 0 Å². The maximum Gasteiger partial charge on any atom is 0.446 e. The van der Waals surface area contributed by atoms with Gasteiger partial charge in [0.2, 0.25) is 0 Å². The highest BCUT2D eigenvalue weighted by Gasteiger charge is 2.76. The highest BCUT2D eigenvalue weighted by molar-refractivity contribution is 6.93. The first-order chi connectivity index (χ1) is 12.0. The van der Waals surface area contributed by atoms with E-state index < -0.39 is 44.6 Å². The van der Waals surface area contributed by atoms with E-state index in [1.54, 1.807) is 13.1 Å². The zero-order valence-corrected chi connectivity index (χ0v) is 15.1. The van der Waals surface area contributed by atoms with E-state index in [0.29, 0.717) is 5.19 Å². The van der Waals surface area contributed by atoms with E-state index in [-0.39, 0.29) is 0 Å². The number of nitrogens with one attached hydrogen (secondary N) is 1. The molecule has 0 aliphatic rings. The summed E-state index contributed by atoms with van der Waals surface area (Å²) in [4.78, 5) is 0. The van der Waals surface area contributed by atoms with Crippen LogP contribution in [0.5, 0.6) is 0 Å². The summed E-state index contributed by atoms with van der Waals surface area (Å²) in [6, 6.07) is 4.39. The second kappa shape index (κ2) is 7.38. The lowest BCUT2D eigenvalue weighted by Crippen LogP contribution is -2.66. The molecule has 0 aliphatic heterocycles. The SMILES string of the molecule is C=C[Si](C)(C)c1cccc(NC(OC(F)(F)CF)(C(F)(F)F)C(F)(F)F)c1. The number of rotatable bonds is 7. The van der Waals surface area contributed by atoms with Crippen molar-refractivity contribution in [2.45, 2.75) is 37.3 Å². The fourth-order valence-corrected chi connectivity index (χ4v) is 3.30. The van der Waals surface area contributed by atoms with Gasteiger partial charge in [-0.15, -0.1) is 6.58 Å². The first-order valence-corrected chi connectivity index (χ1v) is 10.4. The van der Waals surface area contributed by atoms with E-state index in [9.17, 15) is 39.5 Å². The van der Waals surface area contributed by atoms with Gasteiger partial charge in [-0.3, -0.25) is 4.74 Å². The van der Waals surface area contributed by atoms with Crippen molar-refractivity contribution in [2.75, 3.05) is 12.0 Å². The predicted molar refractivity (Wildman–Crippen MR) is 84.2 cm³/mol. The third kappa shape index (κ3) is 4.97. The van der Waals surface area contributed by atoms with Crippen molar-refractivity contribution in [3.8, 4) is 0 Å². The molecule has 0 heterocycles. The maximum absolute atomic E-state index is 13.3. The molecule has 12 heteroatoms. The summed E-state index contributed by atoms with van der Waals surface area (Å²) in [5, 5.41) is 1.36. The molecule has 0 aliphatic carbocycles. The van der Waals surface area contributed by atoms with Gasteiger partial charge in [0.15, 0.2) is 6.67 Å². The number of anilines is 1. The van der Waals surface area contributed by atoms with Crippen LogP contribution in [0.25, 0.3) is 0 Å². The standard InChI is InChI=1S/C15H16F9NOSi/c1-4-27(2,3)11-7-5-6-10(8-11)25-13(14(19,20)21,15(22,23)24)26-12(17,18)9-16/h4-8,25H,1,9H2,2-3H3. The van der Waals surface area contributed by atoms with Gasteiger partial charge < -0.3 is 5.32 Å². The summed E-state index contributed by atoms with van der Waals surface area (Å²) < 4.78 is 121. The average Bonchev–Trinajstić information content (AvgIpc) is 2.52. The summed E-state index contributed by atoms with van der Waals surface area (Å²) in [6.45, 7) is 4.12. The van der Waals surface area contributed by atoms with Crippen LogP contribution in [-0.2, 0) is 4.74 Å². The number of ether oxygens (including phenoxy) is 1. The highest BCUT2D eigenvalue weighted by atomic mass is 28.3. The summed E-state index contributed by atoms with van der Waals surface area (Å²) in [7, 11) is -2.39. The van der Waals surface area contributed by atoms with Crippen molar-refractivity contribution in [3.63, 3.8) is 0 Å². The fraction of sp³-hybridized carbons (Fsp3) is 0.467. The highest BCUT2D eigenvalue weighted by Crippen LogP contribution is 2.48. The molecule has 1 N–H and O–H groups in total. The number of benzene rings is 1. The van der Waals surface area contributed by atoms with Crippen molar-refractivity contribution in [1.82, 2.24) is 0 Å². The minimum atomic E-state index is -6.38. The van der Waals surface area contributed by atoms with E-state index >= 15 is 0 Å². The van der Waals surface area contributed by atoms with Crippen LogP contribution in [0.15, 0.2) is 36.5 Å². The molecule has 154 valence electrons. The van der Waals surface area contributed by atoms with Gasteiger partial charge >= 0.3 is 24.2 Å². The summed E-state index contributed by atoms with van der Waals surface area (Å²) in [5.74, 6) is 0. The quantitative estimate of drug-likeness (QED) is 0.371. The second-order valence-corrected chi connectivity index (χ2v) is 10.6. The third-order valence-corrected chi connectivity index (χ3v) is 6.51. The van der Waals surface area contributed by atoms with Crippen LogP contribution in [0, 0.1) is 0 Å². The Hall–Kier alpha value is -1.69. The topological polar surface area (TPSA) is 21.3 Å². The Morgan fingerprint density at radius 1 is 1.04 bits per heavy atom. The first kappa shape index (κ1) is 23.3. The molecule has 0 fully saturated rings. The first-order valence-electron chi connectivity index (χ1n) is 7.31. The Labute approximate surface area is 150 Å². The lowest BCUT2D eigenvalue weighted by atomic mass is 10.1. The molecule has 0 atom stereocenters. The number of halogens is 9. The molecule has 0 unspecified atom stereocenters. The van der Waals surface area contributed by atoms with Gasteiger partial charge in [0.05, 0.1) is 0 Å². The molecular weight excluding hydrogens is 409 g/mol. The van der Waals surface area contributed by atoms with Crippen molar-refractivity contribution in [1.29, 1.82) is 0 Å². The van der Waals surface area contributed by atoms with Crippen molar-refractivity contribution < 1.29 is 44.3 Å². The van der Waals surface area contributed by atoms with Gasteiger partial charge in [0, 0.05) is 5.69 Å². The molecule has 2 nitrogen and oxygen atoms in total. The van der Waals surface area contributed by atoms with Crippen LogP contribution < -0.4 is 10.5 Å². The van der Waals surface area contributed by atoms with Crippen LogP contribution in [0.3, 0.4) is 0 Å². The van der Waals surface area contributed by atoms with Gasteiger partial charge in [-0.05, 0) is 12.1 Å². The Bertz CT molecular complexity index is 656. The zero-order chi connectivity index (χ0) is 21.3. The number of hydrogen-bond acceptors (Lipinski definition) is 2. The summed E-state index contributed by atoms with van der Waals surface area (Å²) in [5.41, 5.74) is -4.77. The van der Waals surface area contributed by atoms with Crippen LogP contribution in [0.1, 0.15) is 0 Å². The molecule has 0 spiro atoms. The molecule has 1 rings (SSSR count). The molecule has 0 saturated heterocycles. The van der Waals surface area contributed by atoms with Gasteiger partial charge in [0.25, 0.3) is 0 Å². The van der Waals surface area contributed by atoms with E-state index in [1.807, 2.05) is 0 Å². The molecule has 0 radical (unpaired) electrons. The lowest BCUT2D eigenvalue weighted by molar-refractivity contribution is -0.429. The smallest absolute Gasteiger partial charge is 0.342 e. The molecule has 0 aromatic heterocycles. The molecule has 27 heavy (non-hydrogen) atoms. The van der Waals surface area contributed by atoms with E-state index in [0.717, 1.165) is 23.5 Å². The lowest BCUT2D eigenvalue weighted by Gasteiger charge is -2.39. The molecular formula is C15H16F9NOSi. The van der Waals surface area contributed by atoms with Crippen LogP contribution in [-0.4, -0.2) is 38.9 Å². The van der Waals surface area contributed by atoms with Crippen LogP contribution >= 0.6 is 0 Å². The van der Waals surface area contributed by atoms with Gasteiger partial charge in [-0.1, -0.05) is 36.1 Å². The Balaban J connectivity index is 3.55. The minimum absolute atomic E-state index is 0.387. The molecule has 0 saturated carbocycles. The molecule has 1 aromatic carbocycles. The normalized spacial score (nSPS) is 14.2. The summed E-state index contributed by atoms with van der Waals surface area (Å²) >= 11 is 0. The Morgan fingerprint density at radius 2 is 1.56 bits per heavy atom. The van der Waals surface area contributed by atoms with Crippen LogP contribution in [0.2, 0.25) is 13.1 Å².